The van der Waals surface area contributed by atoms with E-state index in [9.17, 15) is 0 Å². The number of nitrogens with zero attached hydrogens (tertiary/aromatic N) is 2. The molecule has 0 saturated heterocycles. The first-order valence-corrected chi connectivity index (χ1v) is 6.59. The van der Waals surface area contributed by atoms with Crippen molar-refractivity contribution in [3.05, 3.63) is 39.7 Å². The number of halogens is 1. The zero-order chi connectivity index (χ0) is 11.8. The second-order valence-electron chi connectivity index (χ2n) is 3.50. The monoisotopic (exact) mass is 303 g/mol. The zero-order valence-corrected chi connectivity index (χ0v) is 11.0. The van der Waals surface area contributed by atoms with E-state index in [1.807, 2.05) is 23.6 Å². The molecule has 0 spiro atoms. The quantitative estimate of drug-likeness (QED) is 0.740. The molecule has 0 aliphatic carbocycles. The van der Waals surface area contributed by atoms with Crippen LogP contribution in [0, 0.1) is 11.3 Å². The maximum absolute atomic E-state index is 9.02. The first-order valence-electron chi connectivity index (χ1n) is 4.92. The maximum atomic E-state index is 9.02. The molecule has 3 aromatic rings. The molecule has 2 aromatic heterocycles. The van der Waals surface area contributed by atoms with Crippen LogP contribution in [0.25, 0.3) is 21.7 Å². The molecule has 0 unspecified atom stereocenters. The third-order valence-electron chi connectivity index (χ3n) is 2.47. The number of rotatable bonds is 1. The highest BCUT2D eigenvalue weighted by Crippen LogP contribution is 2.33. The number of hydrogen-bond acceptors (Lipinski definition) is 3. The van der Waals surface area contributed by atoms with Crippen molar-refractivity contribution in [2.24, 2.45) is 0 Å². The molecule has 0 aliphatic rings. The number of benzene rings is 1. The molecule has 0 saturated carbocycles. The van der Waals surface area contributed by atoms with Crippen molar-refractivity contribution in [3.63, 3.8) is 0 Å². The van der Waals surface area contributed by atoms with Gasteiger partial charge in [-0.05, 0) is 39.5 Å². The van der Waals surface area contributed by atoms with Gasteiger partial charge in [-0.25, -0.2) is 4.98 Å². The van der Waals surface area contributed by atoms with Gasteiger partial charge in [-0.1, -0.05) is 6.07 Å². The fourth-order valence-corrected chi connectivity index (χ4v) is 3.20. The zero-order valence-electron chi connectivity index (χ0n) is 8.57. The highest BCUT2D eigenvalue weighted by atomic mass is 79.9. The number of imidazole rings is 1. The van der Waals surface area contributed by atoms with Crippen molar-refractivity contribution < 1.29 is 0 Å². The predicted molar refractivity (Wildman–Crippen MR) is 71.8 cm³/mol. The van der Waals surface area contributed by atoms with E-state index in [1.54, 1.807) is 17.4 Å². The second-order valence-corrected chi connectivity index (χ2v) is 5.27. The SMILES string of the molecule is N#Cc1cccc2[nH]c(-c3sccc3Br)nc12. The Labute approximate surface area is 110 Å². The van der Waals surface area contributed by atoms with Crippen molar-refractivity contribution in [2.45, 2.75) is 0 Å². The third kappa shape index (κ3) is 1.66. The van der Waals surface area contributed by atoms with E-state index < -0.39 is 0 Å². The fourth-order valence-electron chi connectivity index (χ4n) is 1.69. The van der Waals surface area contributed by atoms with E-state index in [-0.39, 0.29) is 0 Å². The smallest absolute Gasteiger partial charge is 0.149 e. The summed E-state index contributed by atoms with van der Waals surface area (Å²) in [7, 11) is 0. The van der Waals surface area contributed by atoms with Crippen LogP contribution < -0.4 is 0 Å². The van der Waals surface area contributed by atoms with Gasteiger partial charge in [0.1, 0.15) is 17.4 Å². The molecule has 0 bridgehead atoms. The summed E-state index contributed by atoms with van der Waals surface area (Å²) >= 11 is 5.09. The number of para-hydroxylation sites is 1. The van der Waals surface area contributed by atoms with Gasteiger partial charge in [0.05, 0.1) is 16.0 Å². The summed E-state index contributed by atoms with van der Waals surface area (Å²) in [5, 5.41) is 11.0. The summed E-state index contributed by atoms with van der Waals surface area (Å²) in [6.07, 6.45) is 0. The lowest BCUT2D eigenvalue weighted by Gasteiger charge is -1.90. The van der Waals surface area contributed by atoms with Crippen molar-refractivity contribution in [1.29, 1.82) is 5.26 Å². The summed E-state index contributed by atoms with van der Waals surface area (Å²) in [5.41, 5.74) is 2.21. The minimum absolute atomic E-state index is 0.595. The first kappa shape index (κ1) is 10.5. The Morgan fingerprint density at radius 2 is 2.24 bits per heavy atom. The molecule has 0 atom stereocenters. The summed E-state index contributed by atoms with van der Waals surface area (Å²) in [4.78, 5) is 8.77. The Bertz CT molecular complexity index is 736. The summed E-state index contributed by atoms with van der Waals surface area (Å²) < 4.78 is 1.01. The van der Waals surface area contributed by atoms with E-state index in [4.69, 9.17) is 5.26 Å². The number of H-pyrrole nitrogens is 1. The van der Waals surface area contributed by atoms with Crippen molar-refractivity contribution >= 4 is 38.3 Å². The van der Waals surface area contributed by atoms with Gasteiger partial charge in [0.15, 0.2) is 0 Å². The van der Waals surface area contributed by atoms with E-state index >= 15 is 0 Å². The molecule has 0 fully saturated rings. The van der Waals surface area contributed by atoms with E-state index in [0.29, 0.717) is 5.56 Å². The second kappa shape index (κ2) is 3.99. The lowest BCUT2D eigenvalue weighted by atomic mass is 10.2. The standard InChI is InChI=1S/C12H6BrN3S/c13-8-4-5-17-11(8)12-15-9-3-1-2-7(6-14)10(9)16-12/h1-5H,(H,15,16). The molecule has 17 heavy (non-hydrogen) atoms. The van der Waals surface area contributed by atoms with E-state index in [0.717, 1.165) is 26.2 Å². The summed E-state index contributed by atoms with van der Waals surface area (Å²) in [5.74, 6) is 0.796. The van der Waals surface area contributed by atoms with Crippen LogP contribution in [0.2, 0.25) is 0 Å². The Balaban J connectivity index is 2.28. The Hall–Kier alpha value is -1.64. The number of nitriles is 1. The number of fused-ring (bicyclic) bond motifs is 1. The lowest BCUT2D eigenvalue weighted by Crippen LogP contribution is -1.77. The molecule has 0 radical (unpaired) electrons. The van der Waals surface area contributed by atoms with Crippen molar-refractivity contribution in [2.75, 3.05) is 0 Å². The average molecular weight is 304 g/mol. The van der Waals surface area contributed by atoms with Gasteiger partial charge in [0.25, 0.3) is 0 Å². The Morgan fingerprint density at radius 1 is 1.35 bits per heavy atom. The van der Waals surface area contributed by atoms with Crippen LogP contribution in [0.15, 0.2) is 34.1 Å². The van der Waals surface area contributed by atoms with Gasteiger partial charge in [-0.2, -0.15) is 5.26 Å². The topological polar surface area (TPSA) is 52.5 Å². The highest BCUT2D eigenvalue weighted by molar-refractivity contribution is 9.10. The first-order chi connectivity index (χ1) is 8.29. The molecule has 82 valence electrons. The highest BCUT2D eigenvalue weighted by Gasteiger charge is 2.11. The van der Waals surface area contributed by atoms with Crippen molar-refractivity contribution in [1.82, 2.24) is 9.97 Å². The molecule has 3 nitrogen and oxygen atoms in total. The van der Waals surface area contributed by atoms with Gasteiger partial charge in [0, 0.05) is 4.47 Å². The van der Waals surface area contributed by atoms with E-state index in [1.165, 1.54) is 0 Å². The van der Waals surface area contributed by atoms with Crippen LogP contribution in [-0.2, 0) is 0 Å². The van der Waals surface area contributed by atoms with Gasteiger partial charge < -0.3 is 4.98 Å². The largest absolute Gasteiger partial charge is 0.337 e. The molecule has 2 heterocycles. The molecule has 1 N–H and O–H groups in total. The average Bonchev–Trinajstić information content (AvgIpc) is 2.93. The summed E-state index contributed by atoms with van der Waals surface area (Å²) in [6, 6.07) is 9.69. The molecule has 3 rings (SSSR count). The maximum Gasteiger partial charge on any atom is 0.149 e. The molecule has 1 aromatic carbocycles. The molecule has 0 aliphatic heterocycles. The molecule has 5 heteroatoms. The van der Waals surface area contributed by atoms with Crippen LogP contribution in [-0.4, -0.2) is 9.97 Å². The number of aromatic nitrogens is 2. The van der Waals surface area contributed by atoms with Gasteiger partial charge in [-0.15, -0.1) is 11.3 Å². The van der Waals surface area contributed by atoms with Gasteiger partial charge in [0.2, 0.25) is 0 Å². The van der Waals surface area contributed by atoms with Crippen LogP contribution in [0.5, 0.6) is 0 Å². The Kier molecular flexibility index (Phi) is 2.46. The van der Waals surface area contributed by atoms with E-state index in [2.05, 4.69) is 32.0 Å². The minimum Gasteiger partial charge on any atom is -0.337 e. The van der Waals surface area contributed by atoms with Gasteiger partial charge in [-0.3, -0.25) is 0 Å². The van der Waals surface area contributed by atoms with Crippen LogP contribution in [0.3, 0.4) is 0 Å². The lowest BCUT2D eigenvalue weighted by molar-refractivity contribution is 1.35. The number of aromatic amines is 1. The predicted octanol–water partition coefficient (Wildman–Crippen LogP) is 3.93. The Morgan fingerprint density at radius 3 is 2.94 bits per heavy atom. The minimum atomic E-state index is 0.595. The fraction of sp³-hybridized carbons (Fsp3) is 0. The number of hydrogen-bond donors (Lipinski definition) is 1. The number of thiophene rings is 1. The summed E-state index contributed by atoms with van der Waals surface area (Å²) in [6.45, 7) is 0. The van der Waals surface area contributed by atoms with Crippen LogP contribution in [0.4, 0.5) is 0 Å². The third-order valence-corrected chi connectivity index (χ3v) is 4.31. The van der Waals surface area contributed by atoms with Crippen molar-refractivity contribution in [3.8, 4) is 16.8 Å². The molecular formula is C12H6BrN3S. The van der Waals surface area contributed by atoms with Crippen LogP contribution >= 0.6 is 27.3 Å². The molecular weight excluding hydrogens is 298 g/mol. The van der Waals surface area contributed by atoms with Gasteiger partial charge >= 0.3 is 0 Å². The normalized spacial score (nSPS) is 10.6. The number of nitrogens with one attached hydrogen (secondary N) is 1. The molecule has 0 amide bonds. The van der Waals surface area contributed by atoms with Crippen LogP contribution in [0.1, 0.15) is 5.56 Å².